The second kappa shape index (κ2) is 24.3. The Balaban J connectivity index is -0.0000000750. The van der Waals surface area contributed by atoms with E-state index in [9.17, 15) is 0 Å². The molecule has 1 radical (unpaired) electrons. The molecule has 0 aromatic heterocycles. The largest absolute Gasteiger partial charge is 0.346 e. The standard InChI is InChI=1S/C5H11.C2H5.Y/c1-3-5-4-2;1-2;/h5H,3-4H2,1-2H3;1H2,2H3;/q2*-1;. The topological polar surface area (TPSA) is 0 Å². The molecule has 0 nitrogen and oxygen atoms in total. The summed E-state index contributed by atoms with van der Waals surface area (Å²) in [7, 11) is 0. The van der Waals surface area contributed by atoms with Crippen molar-refractivity contribution in [1.82, 2.24) is 0 Å². The minimum atomic E-state index is 0. The van der Waals surface area contributed by atoms with Gasteiger partial charge in [0.1, 0.15) is 0 Å². The first-order valence-electron chi connectivity index (χ1n) is 2.94. The van der Waals surface area contributed by atoms with Gasteiger partial charge in [0.05, 0.1) is 0 Å². The van der Waals surface area contributed by atoms with Gasteiger partial charge in [-0.2, -0.15) is 19.8 Å². The van der Waals surface area contributed by atoms with Crippen LogP contribution >= 0.6 is 0 Å². The van der Waals surface area contributed by atoms with Crippen LogP contribution in [0.2, 0.25) is 0 Å². The molecule has 0 saturated heterocycles. The Labute approximate surface area is 79.3 Å². The normalized spacial score (nSPS) is 6.00. The molecule has 0 aromatic rings. The van der Waals surface area contributed by atoms with Gasteiger partial charge in [0.15, 0.2) is 0 Å². The van der Waals surface area contributed by atoms with Gasteiger partial charge in [0.2, 0.25) is 0 Å². The van der Waals surface area contributed by atoms with E-state index in [0.29, 0.717) is 0 Å². The summed E-state index contributed by atoms with van der Waals surface area (Å²) in [4.78, 5) is 0. The van der Waals surface area contributed by atoms with E-state index >= 15 is 0 Å². The van der Waals surface area contributed by atoms with Gasteiger partial charge in [-0.1, -0.05) is 13.8 Å². The molecular weight excluding hydrogens is 173 g/mol. The molecule has 0 rings (SSSR count). The SMILES string of the molecule is CC[CH-]CC.[CH2-]C.[Y]. The van der Waals surface area contributed by atoms with E-state index in [1.807, 2.05) is 0 Å². The molecule has 0 aliphatic heterocycles. The molecule has 0 aromatic carbocycles. The second-order valence-electron chi connectivity index (χ2n) is 1.11. The number of hydrogen-bond acceptors (Lipinski definition) is 0. The Morgan fingerprint density at radius 2 is 1.38 bits per heavy atom. The third-order valence-electron chi connectivity index (χ3n) is 0.577. The molecule has 0 spiro atoms. The third-order valence-corrected chi connectivity index (χ3v) is 0.577. The van der Waals surface area contributed by atoms with Crippen molar-refractivity contribution >= 4 is 0 Å². The van der Waals surface area contributed by atoms with Crippen LogP contribution in [0.1, 0.15) is 33.6 Å². The molecule has 0 unspecified atom stereocenters. The Kier molecular flexibility index (Phi) is 48.7. The Morgan fingerprint density at radius 1 is 1.12 bits per heavy atom. The third kappa shape index (κ3) is 27.5. The predicted molar refractivity (Wildman–Crippen MR) is 35.9 cm³/mol. The van der Waals surface area contributed by atoms with E-state index in [2.05, 4.69) is 27.2 Å². The number of unbranched alkanes of at least 4 members (excludes halogenated alkanes) is 2. The van der Waals surface area contributed by atoms with Crippen LogP contribution in [0.15, 0.2) is 0 Å². The van der Waals surface area contributed by atoms with Crippen molar-refractivity contribution in [2.75, 3.05) is 0 Å². The molecule has 1 heteroatoms. The maximum Gasteiger partial charge on any atom is 0 e. The molecule has 0 aliphatic carbocycles. The van der Waals surface area contributed by atoms with Crippen LogP contribution in [0.5, 0.6) is 0 Å². The second-order valence-corrected chi connectivity index (χ2v) is 1.11. The summed E-state index contributed by atoms with van der Waals surface area (Å²) in [5.74, 6) is 0. The molecule has 0 saturated carbocycles. The Bertz CT molecular complexity index is 11.9. The summed E-state index contributed by atoms with van der Waals surface area (Å²) >= 11 is 0. The van der Waals surface area contributed by atoms with E-state index in [0.717, 1.165) is 0 Å². The molecule has 0 N–H and O–H groups in total. The van der Waals surface area contributed by atoms with Crippen molar-refractivity contribution in [3.8, 4) is 0 Å². The zero-order chi connectivity index (χ0) is 6.12. The van der Waals surface area contributed by atoms with Gasteiger partial charge >= 0.3 is 0 Å². The van der Waals surface area contributed by atoms with Crippen LogP contribution in [0, 0.1) is 13.3 Å². The fraction of sp³-hybridized carbons (Fsp3) is 0.714. The summed E-state index contributed by atoms with van der Waals surface area (Å²) in [6.45, 7) is 9.31. The Morgan fingerprint density at radius 3 is 1.38 bits per heavy atom. The van der Waals surface area contributed by atoms with Crippen LogP contribution in [-0.4, -0.2) is 0 Å². The first kappa shape index (κ1) is 16.0. The van der Waals surface area contributed by atoms with Gasteiger partial charge < -0.3 is 13.3 Å². The van der Waals surface area contributed by atoms with Gasteiger partial charge in [0, 0.05) is 32.7 Å². The molecule has 49 valence electrons. The fourth-order valence-electron chi connectivity index (χ4n) is 0.289. The maximum absolute atomic E-state index is 3.25. The van der Waals surface area contributed by atoms with E-state index in [1.54, 1.807) is 6.92 Å². The van der Waals surface area contributed by atoms with E-state index in [4.69, 9.17) is 0 Å². The fourth-order valence-corrected chi connectivity index (χ4v) is 0.289. The molecule has 0 amide bonds. The molecule has 0 bridgehead atoms. The minimum Gasteiger partial charge on any atom is -0.346 e. The van der Waals surface area contributed by atoms with Crippen LogP contribution < -0.4 is 0 Å². The smallest absolute Gasteiger partial charge is 0 e. The summed E-state index contributed by atoms with van der Waals surface area (Å²) in [6.07, 6.45) is 4.69. The summed E-state index contributed by atoms with van der Waals surface area (Å²) < 4.78 is 0. The van der Waals surface area contributed by atoms with Crippen LogP contribution in [0.4, 0.5) is 0 Å². The average molecular weight is 189 g/mol. The zero-order valence-corrected chi connectivity index (χ0v) is 9.11. The molecule has 8 heavy (non-hydrogen) atoms. The van der Waals surface area contributed by atoms with Crippen molar-refractivity contribution in [2.45, 2.75) is 33.6 Å². The molecule has 0 atom stereocenters. The number of hydrogen-bond donors (Lipinski definition) is 0. The van der Waals surface area contributed by atoms with Crippen molar-refractivity contribution in [3.05, 3.63) is 13.3 Å². The summed E-state index contributed by atoms with van der Waals surface area (Å²) in [5, 5.41) is 0. The van der Waals surface area contributed by atoms with Crippen molar-refractivity contribution in [1.29, 1.82) is 0 Å². The molecule has 0 heterocycles. The van der Waals surface area contributed by atoms with E-state index in [1.165, 1.54) is 12.8 Å². The van der Waals surface area contributed by atoms with Crippen molar-refractivity contribution < 1.29 is 32.7 Å². The van der Waals surface area contributed by atoms with Gasteiger partial charge in [0.25, 0.3) is 0 Å². The van der Waals surface area contributed by atoms with Gasteiger partial charge in [-0.15, -0.1) is 0 Å². The van der Waals surface area contributed by atoms with E-state index < -0.39 is 0 Å². The van der Waals surface area contributed by atoms with Crippen molar-refractivity contribution in [3.63, 3.8) is 0 Å². The van der Waals surface area contributed by atoms with Crippen molar-refractivity contribution in [2.24, 2.45) is 0 Å². The van der Waals surface area contributed by atoms with Crippen LogP contribution in [0.25, 0.3) is 0 Å². The minimum absolute atomic E-state index is 0. The van der Waals surface area contributed by atoms with E-state index in [-0.39, 0.29) is 32.7 Å². The predicted octanol–water partition coefficient (Wildman–Crippen LogP) is 2.85. The van der Waals surface area contributed by atoms with Gasteiger partial charge in [-0.3, -0.25) is 0 Å². The average Bonchev–Trinajstić information content (AvgIpc) is 1.75. The number of rotatable bonds is 2. The summed E-state index contributed by atoms with van der Waals surface area (Å²) in [6, 6.07) is 0. The van der Waals surface area contributed by atoms with Gasteiger partial charge in [-0.05, 0) is 0 Å². The first-order chi connectivity index (χ1) is 3.41. The maximum atomic E-state index is 3.25. The Hall–Kier alpha value is 1.10. The summed E-state index contributed by atoms with van der Waals surface area (Å²) in [5.41, 5.74) is 0. The van der Waals surface area contributed by atoms with Crippen LogP contribution in [-0.2, 0) is 32.7 Å². The molecule has 0 aliphatic rings. The quantitative estimate of drug-likeness (QED) is 0.586. The zero-order valence-electron chi connectivity index (χ0n) is 6.28. The molecule has 0 fully saturated rings. The van der Waals surface area contributed by atoms with Crippen LogP contribution in [0.3, 0.4) is 0 Å². The van der Waals surface area contributed by atoms with Gasteiger partial charge in [-0.25, -0.2) is 0 Å². The monoisotopic (exact) mass is 189 g/mol. The first-order valence-corrected chi connectivity index (χ1v) is 2.94. The molecular formula is C7H16Y-2.